The molecular formula is C33H32N4O2S. The van der Waals surface area contributed by atoms with Gasteiger partial charge in [0.25, 0.3) is 11.8 Å². The van der Waals surface area contributed by atoms with Gasteiger partial charge >= 0.3 is 0 Å². The molecule has 5 rings (SSSR count). The molecule has 202 valence electrons. The third-order valence-corrected chi connectivity index (χ3v) is 8.79. The lowest BCUT2D eigenvalue weighted by molar-refractivity contribution is -0.112. The van der Waals surface area contributed by atoms with E-state index in [9.17, 15) is 14.9 Å². The van der Waals surface area contributed by atoms with Crippen molar-refractivity contribution in [2.75, 3.05) is 10.6 Å². The highest BCUT2D eigenvalue weighted by Crippen LogP contribution is 2.39. The minimum atomic E-state index is -0.454. The number of nitrogens with one attached hydrogen (secondary N) is 2. The van der Waals surface area contributed by atoms with Crippen LogP contribution >= 0.6 is 11.3 Å². The third kappa shape index (κ3) is 5.36. The Morgan fingerprint density at radius 3 is 2.40 bits per heavy atom. The van der Waals surface area contributed by atoms with Gasteiger partial charge < -0.3 is 15.2 Å². The largest absolute Gasteiger partial charge is 0.322 e. The quantitative estimate of drug-likeness (QED) is 0.194. The summed E-state index contributed by atoms with van der Waals surface area (Å²) in [6.45, 7) is 7.95. The number of aryl methyl sites for hydroxylation is 4. The van der Waals surface area contributed by atoms with E-state index in [-0.39, 0.29) is 11.5 Å². The lowest BCUT2D eigenvalue weighted by atomic mass is 9.95. The summed E-state index contributed by atoms with van der Waals surface area (Å²) >= 11 is 1.67. The summed E-state index contributed by atoms with van der Waals surface area (Å²) in [6, 6.07) is 19.2. The number of para-hydroxylation sites is 1. The van der Waals surface area contributed by atoms with E-state index in [1.54, 1.807) is 17.4 Å². The van der Waals surface area contributed by atoms with Crippen LogP contribution in [0.1, 0.15) is 61.7 Å². The summed E-state index contributed by atoms with van der Waals surface area (Å²) in [4.78, 5) is 27.9. The Morgan fingerprint density at radius 1 is 0.925 bits per heavy atom. The molecule has 2 amide bonds. The summed E-state index contributed by atoms with van der Waals surface area (Å²) in [6.07, 6.45) is 5.66. The average molecular weight is 549 g/mol. The number of fused-ring (bicyclic) bond motifs is 1. The number of nitriles is 1. The van der Waals surface area contributed by atoms with Gasteiger partial charge in [0, 0.05) is 27.6 Å². The lowest BCUT2D eigenvalue weighted by Crippen LogP contribution is -2.17. The molecule has 0 saturated heterocycles. The number of carbonyl (C=O) groups excluding carboxylic acids is 2. The minimum absolute atomic E-state index is 0.0194. The van der Waals surface area contributed by atoms with Crippen molar-refractivity contribution >= 4 is 40.6 Å². The Hall–Kier alpha value is -4.41. The molecular weight excluding hydrogens is 516 g/mol. The number of hydrogen-bond donors (Lipinski definition) is 2. The van der Waals surface area contributed by atoms with Crippen LogP contribution in [0, 0.1) is 39.0 Å². The van der Waals surface area contributed by atoms with Crippen LogP contribution in [0.15, 0.2) is 60.2 Å². The summed E-state index contributed by atoms with van der Waals surface area (Å²) in [5.74, 6) is -0.569. The van der Waals surface area contributed by atoms with Crippen LogP contribution < -0.4 is 10.6 Å². The molecule has 0 atom stereocenters. The standard InChI is InChI=1S/C33H32N4O2S/c1-20-14-15-27(16-21(20)2)36-31(38)25(19-34)18-24-17-22(3)37(23(24)4)33-30(28-12-8-9-13-29(28)40-33)32(39)35-26-10-6-5-7-11-26/h5-7,10-11,14-18H,8-9,12-13H2,1-4H3,(H,35,39)(H,36,38)/b25-18-. The number of nitrogens with zero attached hydrogens (tertiary/aromatic N) is 2. The van der Waals surface area contributed by atoms with Crippen LogP contribution in [0.25, 0.3) is 11.1 Å². The normalized spacial score (nSPS) is 12.9. The van der Waals surface area contributed by atoms with Gasteiger partial charge in [-0.15, -0.1) is 11.3 Å². The number of anilines is 2. The van der Waals surface area contributed by atoms with E-state index < -0.39 is 5.91 Å². The Bertz CT molecular complexity index is 1690. The van der Waals surface area contributed by atoms with Crippen LogP contribution in [0.3, 0.4) is 0 Å². The van der Waals surface area contributed by atoms with Crippen molar-refractivity contribution in [3.8, 4) is 11.1 Å². The van der Waals surface area contributed by atoms with E-state index in [4.69, 9.17) is 0 Å². The van der Waals surface area contributed by atoms with Gasteiger partial charge in [-0.25, -0.2) is 0 Å². The first-order valence-corrected chi connectivity index (χ1v) is 14.3. The Balaban J connectivity index is 1.52. The summed E-state index contributed by atoms with van der Waals surface area (Å²) in [5, 5.41) is 16.7. The molecule has 0 fully saturated rings. The van der Waals surface area contributed by atoms with Gasteiger partial charge in [0.2, 0.25) is 0 Å². The first-order chi connectivity index (χ1) is 19.3. The number of thiophene rings is 1. The van der Waals surface area contributed by atoms with Crippen LogP contribution in [0.4, 0.5) is 11.4 Å². The van der Waals surface area contributed by atoms with Crippen molar-refractivity contribution in [1.29, 1.82) is 5.26 Å². The molecule has 0 unspecified atom stereocenters. The molecule has 0 aliphatic heterocycles. The second-order valence-corrected chi connectivity index (χ2v) is 11.4. The van der Waals surface area contributed by atoms with E-state index >= 15 is 0 Å². The van der Waals surface area contributed by atoms with Crippen molar-refractivity contribution in [3.05, 3.63) is 104 Å². The Kier molecular flexibility index (Phi) is 7.72. The Morgan fingerprint density at radius 2 is 1.68 bits per heavy atom. The first kappa shape index (κ1) is 27.2. The molecule has 4 aromatic rings. The predicted molar refractivity (Wildman–Crippen MR) is 162 cm³/mol. The Labute approximate surface area is 239 Å². The molecule has 6 nitrogen and oxygen atoms in total. The van der Waals surface area contributed by atoms with Crippen LogP contribution in [-0.2, 0) is 17.6 Å². The molecule has 0 saturated carbocycles. The molecule has 1 aliphatic rings. The highest BCUT2D eigenvalue weighted by molar-refractivity contribution is 7.15. The van der Waals surface area contributed by atoms with Gasteiger partial charge in [0.15, 0.2) is 0 Å². The smallest absolute Gasteiger partial charge is 0.266 e. The van der Waals surface area contributed by atoms with Crippen LogP contribution in [-0.4, -0.2) is 16.4 Å². The topological polar surface area (TPSA) is 86.9 Å². The van der Waals surface area contributed by atoms with Gasteiger partial charge in [-0.05, 0) is 112 Å². The van der Waals surface area contributed by atoms with Crippen LogP contribution in [0.2, 0.25) is 0 Å². The van der Waals surface area contributed by atoms with Gasteiger partial charge in [-0.1, -0.05) is 24.3 Å². The molecule has 7 heteroatoms. The van der Waals surface area contributed by atoms with Gasteiger partial charge in [-0.3, -0.25) is 9.59 Å². The van der Waals surface area contributed by atoms with E-state index in [1.807, 2.05) is 82.3 Å². The zero-order valence-corrected chi connectivity index (χ0v) is 24.0. The van der Waals surface area contributed by atoms with Gasteiger partial charge in [0.05, 0.1) is 5.56 Å². The highest BCUT2D eigenvalue weighted by atomic mass is 32.1. The van der Waals surface area contributed by atoms with Crippen LogP contribution in [0.5, 0.6) is 0 Å². The molecule has 40 heavy (non-hydrogen) atoms. The minimum Gasteiger partial charge on any atom is -0.322 e. The molecule has 2 aromatic heterocycles. The number of benzene rings is 2. The molecule has 2 aromatic carbocycles. The van der Waals surface area contributed by atoms with Crippen molar-refractivity contribution in [3.63, 3.8) is 0 Å². The van der Waals surface area contributed by atoms with Crippen molar-refractivity contribution in [2.45, 2.75) is 53.4 Å². The summed E-state index contributed by atoms with van der Waals surface area (Å²) in [5.41, 5.74) is 8.05. The monoisotopic (exact) mass is 548 g/mol. The number of hydrogen-bond acceptors (Lipinski definition) is 4. The molecule has 0 radical (unpaired) electrons. The number of aromatic nitrogens is 1. The van der Waals surface area contributed by atoms with Gasteiger partial charge in [0.1, 0.15) is 16.6 Å². The molecule has 1 aliphatic carbocycles. The highest BCUT2D eigenvalue weighted by Gasteiger charge is 2.28. The fraction of sp³-hybridized carbons (Fsp3) is 0.242. The zero-order chi connectivity index (χ0) is 28.4. The van der Waals surface area contributed by atoms with Crippen molar-refractivity contribution in [1.82, 2.24) is 4.57 Å². The third-order valence-electron chi connectivity index (χ3n) is 7.51. The number of rotatable bonds is 6. The first-order valence-electron chi connectivity index (χ1n) is 13.5. The van der Waals surface area contributed by atoms with E-state index in [1.165, 1.54) is 4.88 Å². The second kappa shape index (κ2) is 11.4. The molecule has 2 N–H and O–H groups in total. The maximum absolute atomic E-state index is 13.7. The van der Waals surface area contributed by atoms with Crippen molar-refractivity contribution in [2.24, 2.45) is 0 Å². The SMILES string of the molecule is Cc1ccc(NC(=O)/C(C#N)=C\c2cc(C)n(-c3sc4c(c3C(=O)Nc3ccccc3)CCCC4)c2C)cc1C. The maximum atomic E-state index is 13.7. The summed E-state index contributed by atoms with van der Waals surface area (Å²) < 4.78 is 2.09. The fourth-order valence-electron chi connectivity index (χ4n) is 5.23. The fourth-order valence-corrected chi connectivity index (χ4v) is 6.72. The molecule has 0 bridgehead atoms. The van der Waals surface area contributed by atoms with E-state index in [2.05, 4.69) is 21.3 Å². The number of amides is 2. The predicted octanol–water partition coefficient (Wildman–Crippen LogP) is 7.45. The number of carbonyl (C=O) groups is 2. The van der Waals surface area contributed by atoms with Gasteiger partial charge in [-0.2, -0.15) is 5.26 Å². The second-order valence-electron chi connectivity index (χ2n) is 10.3. The summed E-state index contributed by atoms with van der Waals surface area (Å²) in [7, 11) is 0. The maximum Gasteiger partial charge on any atom is 0.266 e. The van der Waals surface area contributed by atoms with E-state index in [0.29, 0.717) is 11.3 Å². The van der Waals surface area contributed by atoms with Crippen molar-refractivity contribution < 1.29 is 9.59 Å². The molecule has 2 heterocycles. The lowest BCUT2D eigenvalue weighted by Gasteiger charge is -2.14. The zero-order valence-electron chi connectivity index (χ0n) is 23.2. The van der Waals surface area contributed by atoms with E-state index in [0.717, 1.165) is 70.0 Å². The molecule has 0 spiro atoms. The average Bonchev–Trinajstić information content (AvgIpc) is 3.45.